The molecule has 0 unspecified atom stereocenters. The van der Waals surface area contributed by atoms with Gasteiger partial charge in [-0.3, -0.25) is 0 Å². The van der Waals surface area contributed by atoms with E-state index < -0.39 is 0 Å². The molecular weight excluding hydrogens is 479 g/mol. The fraction of sp³-hybridized carbons (Fsp3) is 0.500. The van der Waals surface area contributed by atoms with Gasteiger partial charge >= 0.3 is 0 Å². The number of halogens is 2. The fourth-order valence-corrected chi connectivity index (χ4v) is 2.38. The zero-order valence-corrected chi connectivity index (χ0v) is 19.1. The maximum atomic E-state index is 6.09. The average Bonchev–Trinajstić information content (AvgIpc) is 2.96. The molecule has 1 heterocycles. The molecule has 0 aliphatic rings. The number of nitrogens with one attached hydrogen (secondary N) is 2. The largest absolute Gasteiger partial charge is 0.490 e. The van der Waals surface area contributed by atoms with Crippen molar-refractivity contribution in [2.45, 2.75) is 33.2 Å². The Labute approximate surface area is 183 Å². The number of benzene rings is 1. The van der Waals surface area contributed by atoms with E-state index in [4.69, 9.17) is 16.3 Å². The van der Waals surface area contributed by atoms with E-state index >= 15 is 0 Å². The van der Waals surface area contributed by atoms with Crippen LogP contribution < -0.4 is 15.4 Å². The number of aryl methyl sites for hydroxylation is 1. The number of nitrogens with zero attached hydrogens (tertiary/aromatic N) is 4. The van der Waals surface area contributed by atoms with Gasteiger partial charge in [0.05, 0.1) is 11.6 Å². The van der Waals surface area contributed by atoms with Gasteiger partial charge in [0.25, 0.3) is 0 Å². The highest BCUT2D eigenvalue weighted by Crippen LogP contribution is 2.22. The predicted molar refractivity (Wildman–Crippen MR) is 120 cm³/mol. The van der Waals surface area contributed by atoms with E-state index in [0.717, 1.165) is 37.0 Å². The van der Waals surface area contributed by atoms with Crippen LogP contribution in [0.5, 0.6) is 5.75 Å². The van der Waals surface area contributed by atoms with E-state index in [-0.39, 0.29) is 24.0 Å². The van der Waals surface area contributed by atoms with Crippen molar-refractivity contribution < 1.29 is 4.74 Å². The number of hydrogen-bond donors (Lipinski definition) is 2. The zero-order valence-electron chi connectivity index (χ0n) is 16.0. The molecule has 0 radical (unpaired) electrons. The lowest BCUT2D eigenvalue weighted by Gasteiger charge is -2.13. The van der Waals surface area contributed by atoms with Crippen LogP contribution in [-0.2, 0) is 13.6 Å². The number of ether oxygens (including phenoxy) is 1. The Morgan fingerprint density at radius 1 is 1.22 bits per heavy atom. The molecule has 0 amide bonds. The molecule has 1 aromatic heterocycles. The third-order valence-corrected chi connectivity index (χ3v) is 4.19. The summed E-state index contributed by atoms with van der Waals surface area (Å²) in [4.78, 5) is 4.59. The van der Waals surface area contributed by atoms with Crippen molar-refractivity contribution in [3.05, 3.63) is 40.9 Å². The van der Waals surface area contributed by atoms with Gasteiger partial charge in [0, 0.05) is 13.6 Å². The van der Waals surface area contributed by atoms with Gasteiger partial charge in [0.2, 0.25) is 0 Å². The van der Waals surface area contributed by atoms with Crippen LogP contribution in [0, 0.1) is 6.92 Å². The van der Waals surface area contributed by atoms with Crippen LogP contribution in [0.25, 0.3) is 0 Å². The van der Waals surface area contributed by atoms with Gasteiger partial charge in [-0.1, -0.05) is 37.1 Å². The van der Waals surface area contributed by atoms with Crippen molar-refractivity contribution in [2.75, 3.05) is 19.7 Å². The fourth-order valence-electron chi connectivity index (χ4n) is 2.19. The van der Waals surface area contributed by atoms with Crippen molar-refractivity contribution in [1.29, 1.82) is 0 Å². The summed E-state index contributed by atoms with van der Waals surface area (Å²) < 4.78 is 7.63. The van der Waals surface area contributed by atoms with E-state index in [1.54, 1.807) is 0 Å². The number of hydrogen-bond acceptors (Lipinski definition) is 4. The van der Waals surface area contributed by atoms with Gasteiger partial charge in [0.1, 0.15) is 24.7 Å². The second kappa shape index (κ2) is 12.8. The first kappa shape index (κ1) is 23.5. The Hall–Kier alpha value is -1.55. The van der Waals surface area contributed by atoms with Crippen LogP contribution in [0.4, 0.5) is 0 Å². The first-order valence-corrected chi connectivity index (χ1v) is 9.24. The minimum Gasteiger partial charge on any atom is -0.490 e. The molecule has 27 heavy (non-hydrogen) atoms. The molecule has 0 saturated heterocycles. The Morgan fingerprint density at radius 2 is 1.96 bits per heavy atom. The summed E-state index contributed by atoms with van der Waals surface area (Å²) in [5, 5.41) is 15.4. The van der Waals surface area contributed by atoms with E-state index in [1.807, 2.05) is 42.8 Å². The van der Waals surface area contributed by atoms with Crippen molar-refractivity contribution >= 4 is 41.5 Å². The maximum absolute atomic E-state index is 6.09. The number of para-hydroxylation sites is 1. The lowest BCUT2D eigenvalue weighted by molar-refractivity contribution is 0.322. The van der Waals surface area contributed by atoms with E-state index in [0.29, 0.717) is 30.5 Å². The molecule has 0 bridgehead atoms. The van der Waals surface area contributed by atoms with Crippen molar-refractivity contribution in [3.63, 3.8) is 0 Å². The second-order valence-corrected chi connectivity index (χ2v) is 6.28. The third kappa shape index (κ3) is 7.92. The number of guanidine groups is 1. The van der Waals surface area contributed by atoms with Crippen molar-refractivity contribution in [1.82, 2.24) is 25.4 Å². The van der Waals surface area contributed by atoms with Gasteiger partial charge in [-0.25, -0.2) is 4.99 Å². The molecule has 2 aromatic rings. The highest BCUT2D eigenvalue weighted by atomic mass is 127. The minimum atomic E-state index is 0. The molecule has 0 aliphatic carbocycles. The first-order chi connectivity index (χ1) is 12.6. The second-order valence-electron chi connectivity index (χ2n) is 5.87. The summed E-state index contributed by atoms with van der Waals surface area (Å²) in [6.07, 6.45) is 2.21. The predicted octanol–water partition coefficient (Wildman–Crippen LogP) is 3.31. The van der Waals surface area contributed by atoms with E-state index in [9.17, 15) is 0 Å². The molecule has 0 spiro atoms. The number of unbranched alkanes of at least 4 members (excludes halogenated alkanes) is 1. The Kier molecular flexibility index (Phi) is 11.1. The lowest BCUT2D eigenvalue weighted by atomic mass is 10.3. The van der Waals surface area contributed by atoms with Crippen LogP contribution >= 0.6 is 35.6 Å². The lowest BCUT2D eigenvalue weighted by Crippen LogP contribution is -2.40. The SMILES string of the molecule is CCCCNC(=NCc1nnc(C)n1C)NCCOc1ccccc1Cl.I. The van der Waals surface area contributed by atoms with Gasteiger partial charge in [-0.15, -0.1) is 34.2 Å². The van der Waals surface area contributed by atoms with Crippen LogP contribution in [0.3, 0.4) is 0 Å². The smallest absolute Gasteiger partial charge is 0.191 e. The maximum Gasteiger partial charge on any atom is 0.191 e. The van der Waals surface area contributed by atoms with Crippen LogP contribution in [0.1, 0.15) is 31.4 Å². The van der Waals surface area contributed by atoms with Crippen LogP contribution in [-0.4, -0.2) is 40.4 Å². The summed E-state index contributed by atoms with van der Waals surface area (Å²) >= 11 is 6.09. The molecule has 150 valence electrons. The highest BCUT2D eigenvalue weighted by Gasteiger charge is 2.05. The average molecular weight is 507 g/mol. The topological polar surface area (TPSA) is 76.4 Å². The molecule has 0 saturated carbocycles. The molecule has 0 aliphatic heterocycles. The number of aliphatic imine (C=N–C) groups is 1. The number of rotatable bonds is 9. The summed E-state index contributed by atoms with van der Waals surface area (Å²) in [7, 11) is 1.94. The van der Waals surface area contributed by atoms with Gasteiger partial charge in [0.15, 0.2) is 11.8 Å². The van der Waals surface area contributed by atoms with E-state index in [1.165, 1.54) is 0 Å². The summed E-state index contributed by atoms with van der Waals surface area (Å²) in [5.74, 6) is 3.12. The Balaban J connectivity index is 0.00000364. The quantitative estimate of drug-likeness (QED) is 0.236. The standard InChI is InChI=1S/C18H27ClN6O.HI/c1-4-5-10-20-18(22-13-17-24-23-14(2)25(17)3)21-11-12-26-16-9-7-6-8-15(16)19;/h6-9H,4-5,10-13H2,1-3H3,(H2,20,21,22);1H. The molecular formula is C18H28ClIN6O. The third-order valence-electron chi connectivity index (χ3n) is 3.87. The van der Waals surface area contributed by atoms with Crippen LogP contribution in [0.2, 0.25) is 5.02 Å². The number of aromatic nitrogens is 3. The molecule has 2 rings (SSSR count). The van der Waals surface area contributed by atoms with Crippen LogP contribution in [0.15, 0.2) is 29.3 Å². The first-order valence-electron chi connectivity index (χ1n) is 8.86. The summed E-state index contributed by atoms with van der Waals surface area (Å²) in [5.41, 5.74) is 0. The van der Waals surface area contributed by atoms with Gasteiger partial charge in [-0.05, 0) is 25.5 Å². The normalized spacial score (nSPS) is 11.0. The Bertz CT molecular complexity index is 722. The van der Waals surface area contributed by atoms with Crippen molar-refractivity contribution in [2.24, 2.45) is 12.0 Å². The van der Waals surface area contributed by atoms with E-state index in [2.05, 4.69) is 32.7 Å². The minimum absolute atomic E-state index is 0. The monoisotopic (exact) mass is 506 g/mol. The summed E-state index contributed by atoms with van der Waals surface area (Å²) in [6.45, 7) is 6.51. The zero-order chi connectivity index (χ0) is 18.8. The molecule has 7 nitrogen and oxygen atoms in total. The van der Waals surface area contributed by atoms with Gasteiger partial charge in [-0.2, -0.15) is 0 Å². The molecule has 0 atom stereocenters. The Morgan fingerprint density at radius 3 is 2.63 bits per heavy atom. The van der Waals surface area contributed by atoms with Crippen molar-refractivity contribution in [3.8, 4) is 5.75 Å². The molecule has 0 fully saturated rings. The molecule has 1 aromatic carbocycles. The van der Waals surface area contributed by atoms with Gasteiger partial charge < -0.3 is 19.9 Å². The molecule has 9 heteroatoms. The molecule has 2 N–H and O–H groups in total. The highest BCUT2D eigenvalue weighted by molar-refractivity contribution is 14.0. The summed E-state index contributed by atoms with van der Waals surface area (Å²) in [6, 6.07) is 7.44.